The molecule has 22 heavy (non-hydrogen) atoms. The minimum atomic E-state index is -0.223. The number of amides is 1. The van der Waals surface area contributed by atoms with Crippen LogP contribution in [0.25, 0.3) is 0 Å². The fourth-order valence-electron chi connectivity index (χ4n) is 1.86. The van der Waals surface area contributed by atoms with Gasteiger partial charge in [0.1, 0.15) is 6.33 Å². The molecule has 0 radical (unpaired) electrons. The lowest BCUT2D eigenvalue weighted by Crippen LogP contribution is -2.44. The molecule has 1 atom stereocenters. The number of nitrogens with one attached hydrogen (secondary N) is 1. The van der Waals surface area contributed by atoms with Crippen molar-refractivity contribution in [2.75, 3.05) is 0 Å². The predicted molar refractivity (Wildman–Crippen MR) is 91.3 cm³/mol. The summed E-state index contributed by atoms with van der Waals surface area (Å²) in [4.78, 5) is 13.5. The number of hydrogen-bond donors (Lipinski definition) is 1. The molecule has 2 heterocycles. The summed E-state index contributed by atoms with van der Waals surface area (Å²) in [6.45, 7) is 8.65. The first-order valence-electron chi connectivity index (χ1n) is 7.24. The van der Waals surface area contributed by atoms with Gasteiger partial charge < -0.3 is 9.88 Å². The van der Waals surface area contributed by atoms with Crippen LogP contribution in [0.15, 0.2) is 29.0 Å². The summed E-state index contributed by atoms with van der Waals surface area (Å²) in [6, 6.07) is 4.18. The third kappa shape index (κ3) is 5.14. The van der Waals surface area contributed by atoms with Crippen molar-refractivity contribution < 1.29 is 4.79 Å². The SMILES string of the molecule is CC(Sc1nncn1CCc1cccs1)C(=O)NC(C)(C)C. The topological polar surface area (TPSA) is 59.8 Å². The van der Waals surface area contributed by atoms with Gasteiger partial charge in [-0.2, -0.15) is 0 Å². The molecule has 0 fully saturated rings. The van der Waals surface area contributed by atoms with Crippen LogP contribution in [0.1, 0.15) is 32.6 Å². The van der Waals surface area contributed by atoms with E-state index in [1.54, 1.807) is 17.7 Å². The van der Waals surface area contributed by atoms with Crippen molar-refractivity contribution in [3.05, 3.63) is 28.7 Å². The Labute approximate surface area is 139 Å². The molecule has 0 aromatic carbocycles. The van der Waals surface area contributed by atoms with E-state index in [1.807, 2.05) is 32.3 Å². The quantitative estimate of drug-likeness (QED) is 0.823. The smallest absolute Gasteiger partial charge is 0.233 e. The molecule has 0 saturated heterocycles. The fourth-order valence-corrected chi connectivity index (χ4v) is 3.41. The molecule has 1 N–H and O–H groups in total. The van der Waals surface area contributed by atoms with Crippen LogP contribution in [0, 0.1) is 0 Å². The first-order valence-corrected chi connectivity index (χ1v) is 9.00. The van der Waals surface area contributed by atoms with Crippen LogP contribution in [0.3, 0.4) is 0 Å². The van der Waals surface area contributed by atoms with Crippen molar-refractivity contribution in [3.63, 3.8) is 0 Å². The maximum atomic E-state index is 12.2. The maximum Gasteiger partial charge on any atom is 0.233 e. The number of thioether (sulfide) groups is 1. The molecule has 1 amide bonds. The molecule has 2 aromatic rings. The zero-order valence-electron chi connectivity index (χ0n) is 13.4. The lowest BCUT2D eigenvalue weighted by atomic mass is 10.1. The Morgan fingerprint density at radius 1 is 1.50 bits per heavy atom. The predicted octanol–water partition coefficient (Wildman–Crippen LogP) is 2.98. The van der Waals surface area contributed by atoms with Crippen LogP contribution in [0.5, 0.6) is 0 Å². The summed E-state index contributed by atoms with van der Waals surface area (Å²) in [5.41, 5.74) is -0.223. The van der Waals surface area contributed by atoms with Gasteiger partial charge in [0.15, 0.2) is 5.16 Å². The monoisotopic (exact) mass is 338 g/mol. The van der Waals surface area contributed by atoms with Crippen molar-refractivity contribution in [2.45, 2.75) is 56.6 Å². The molecule has 1 unspecified atom stereocenters. The number of thiophene rings is 1. The highest BCUT2D eigenvalue weighted by molar-refractivity contribution is 8.00. The van der Waals surface area contributed by atoms with Crippen LogP contribution in [0.4, 0.5) is 0 Å². The minimum absolute atomic E-state index is 0.0188. The van der Waals surface area contributed by atoms with E-state index in [0.717, 1.165) is 18.1 Å². The average Bonchev–Trinajstić information content (AvgIpc) is 3.05. The van der Waals surface area contributed by atoms with E-state index in [1.165, 1.54) is 16.6 Å². The van der Waals surface area contributed by atoms with E-state index in [-0.39, 0.29) is 16.7 Å². The second-order valence-electron chi connectivity index (χ2n) is 6.14. The van der Waals surface area contributed by atoms with Gasteiger partial charge >= 0.3 is 0 Å². The highest BCUT2D eigenvalue weighted by atomic mass is 32.2. The number of carbonyl (C=O) groups is 1. The third-order valence-electron chi connectivity index (χ3n) is 2.91. The average molecular weight is 339 g/mol. The molecule has 2 rings (SSSR count). The van der Waals surface area contributed by atoms with Crippen LogP contribution in [-0.2, 0) is 17.8 Å². The zero-order valence-corrected chi connectivity index (χ0v) is 15.0. The van der Waals surface area contributed by atoms with E-state index in [0.29, 0.717) is 0 Å². The number of carbonyl (C=O) groups excluding carboxylic acids is 1. The van der Waals surface area contributed by atoms with Gasteiger partial charge in [0, 0.05) is 17.0 Å². The molecule has 0 aliphatic carbocycles. The number of nitrogens with zero attached hydrogens (tertiary/aromatic N) is 3. The molecule has 2 aromatic heterocycles. The zero-order chi connectivity index (χ0) is 16.2. The summed E-state index contributed by atoms with van der Waals surface area (Å²) >= 11 is 3.19. The van der Waals surface area contributed by atoms with Gasteiger partial charge in [-0.25, -0.2) is 0 Å². The standard InChI is InChI=1S/C15H22N4OS2/c1-11(13(20)17-15(2,3)4)22-14-18-16-10-19(14)8-7-12-6-5-9-21-12/h5-6,9-11H,7-8H2,1-4H3,(H,17,20). The van der Waals surface area contributed by atoms with Crippen LogP contribution < -0.4 is 5.32 Å². The third-order valence-corrected chi connectivity index (χ3v) is 4.94. The number of hydrogen-bond acceptors (Lipinski definition) is 5. The lowest BCUT2D eigenvalue weighted by molar-refractivity contribution is -0.121. The molecule has 0 spiro atoms. The lowest BCUT2D eigenvalue weighted by Gasteiger charge is -2.22. The molecular formula is C15H22N4OS2. The van der Waals surface area contributed by atoms with Gasteiger partial charge in [-0.1, -0.05) is 17.8 Å². The van der Waals surface area contributed by atoms with Gasteiger partial charge in [0.05, 0.1) is 5.25 Å². The van der Waals surface area contributed by atoms with Gasteiger partial charge in [-0.15, -0.1) is 21.5 Å². The van der Waals surface area contributed by atoms with Gasteiger partial charge in [-0.3, -0.25) is 4.79 Å². The minimum Gasteiger partial charge on any atom is -0.351 e. The van der Waals surface area contributed by atoms with Gasteiger partial charge in [0.25, 0.3) is 0 Å². The number of aryl methyl sites for hydroxylation is 2. The molecule has 5 nitrogen and oxygen atoms in total. The van der Waals surface area contributed by atoms with E-state index in [4.69, 9.17) is 0 Å². The first kappa shape index (κ1) is 17.0. The Morgan fingerprint density at radius 2 is 2.27 bits per heavy atom. The van der Waals surface area contributed by atoms with Gasteiger partial charge in [0.2, 0.25) is 5.91 Å². The molecule has 0 bridgehead atoms. The van der Waals surface area contributed by atoms with Crippen molar-refractivity contribution in [2.24, 2.45) is 0 Å². The normalized spacial score (nSPS) is 13.1. The Kier molecular flexibility index (Phi) is 5.63. The Balaban J connectivity index is 1.93. The number of rotatable bonds is 6. The first-order chi connectivity index (χ1) is 10.3. The Hall–Kier alpha value is -1.34. The number of aromatic nitrogens is 3. The Morgan fingerprint density at radius 3 is 2.91 bits per heavy atom. The summed E-state index contributed by atoms with van der Waals surface area (Å²) in [7, 11) is 0. The van der Waals surface area contributed by atoms with Crippen LogP contribution >= 0.6 is 23.1 Å². The van der Waals surface area contributed by atoms with E-state index in [9.17, 15) is 4.79 Å². The summed E-state index contributed by atoms with van der Waals surface area (Å²) in [5.74, 6) is 0.0188. The van der Waals surface area contributed by atoms with Crippen molar-refractivity contribution in [1.29, 1.82) is 0 Å². The molecular weight excluding hydrogens is 316 g/mol. The molecule has 7 heteroatoms. The van der Waals surface area contributed by atoms with Crippen molar-refractivity contribution in [3.8, 4) is 0 Å². The molecule has 0 aliphatic rings. The van der Waals surface area contributed by atoms with Gasteiger partial charge in [-0.05, 0) is 45.6 Å². The van der Waals surface area contributed by atoms with Crippen LogP contribution in [-0.4, -0.2) is 31.5 Å². The molecule has 0 saturated carbocycles. The summed E-state index contributed by atoms with van der Waals surface area (Å²) in [5, 5.41) is 13.8. The highest BCUT2D eigenvalue weighted by Gasteiger charge is 2.21. The van der Waals surface area contributed by atoms with Crippen LogP contribution in [0.2, 0.25) is 0 Å². The maximum absolute atomic E-state index is 12.2. The second-order valence-corrected chi connectivity index (χ2v) is 8.48. The summed E-state index contributed by atoms with van der Waals surface area (Å²) < 4.78 is 2.01. The molecule has 120 valence electrons. The second kappa shape index (κ2) is 7.28. The summed E-state index contributed by atoms with van der Waals surface area (Å²) in [6.07, 6.45) is 2.68. The molecule has 0 aliphatic heterocycles. The van der Waals surface area contributed by atoms with E-state index >= 15 is 0 Å². The highest BCUT2D eigenvalue weighted by Crippen LogP contribution is 2.22. The Bertz CT molecular complexity index is 601. The largest absolute Gasteiger partial charge is 0.351 e. The van der Waals surface area contributed by atoms with Crippen molar-refractivity contribution in [1.82, 2.24) is 20.1 Å². The van der Waals surface area contributed by atoms with E-state index < -0.39 is 0 Å². The fraction of sp³-hybridized carbons (Fsp3) is 0.533. The van der Waals surface area contributed by atoms with E-state index in [2.05, 4.69) is 33.0 Å². The van der Waals surface area contributed by atoms with Crippen molar-refractivity contribution >= 4 is 29.0 Å².